The minimum absolute atomic E-state index is 0.0905. The SMILES string of the molecule is Cc1sc2c(Br)c3ccccc3c(-c3ccc(O)c([NH+]([O-])O)c3)c2c1C. The Morgan fingerprint density at radius 1 is 1.08 bits per heavy atom. The van der Waals surface area contributed by atoms with Gasteiger partial charge in [-0.3, -0.25) is 0 Å². The maximum Gasteiger partial charge on any atom is 0.206 e. The van der Waals surface area contributed by atoms with Gasteiger partial charge in [0.1, 0.15) is 0 Å². The second-order valence-corrected chi connectivity index (χ2v) is 8.28. The highest BCUT2D eigenvalue weighted by atomic mass is 79.9. The Morgan fingerprint density at radius 2 is 1.77 bits per heavy atom. The summed E-state index contributed by atoms with van der Waals surface area (Å²) in [5.74, 6) is -0.225. The minimum Gasteiger partial charge on any atom is -0.595 e. The predicted octanol–water partition coefficient (Wildman–Crippen LogP) is 5.21. The van der Waals surface area contributed by atoms with E-state index in [1.165, 1.54) is 16.5 Å². The van der Waals surface area contributed by atoms with Gasteiger partial charge in [-0.2, -0.15) is 5.23 Å². The molecule has 0 bridgehead atoms. The second kappa shape index (κ2) is 6.33. The van der Waals surface area contributed by atoms with Crippen molar-refractivity contribution >= 4 is 53.8 Å². The number of benzene rings is 3. The van der Waals surface area contributed by atoms with Crippen molar-refractivity contribution in [1.29, 1.82) is 0 Å². The molecule has 0 amide bonds. The summed E-state index contributed by atoms with van der Waals surface area (Å²) in [6.45, 7) is 4.19. The Hall–Kier alpha value is -1.96. The van der Waals surface area contributed by atoms with Crippen LogP contribution in [0.1, 0.15) is 10.4 Å². The average Bonchev–Trinajstić information content (AvgIpc) is 2.92. The lowest BCUT2D eigenvalue weighted by Crippen LogP contribution is -2.99. The summed E-state index contributed by atoms with van der Waals surface area (Å²) in [7, 11) is 0. The van der Waals surface area contributed by atoms with E-state index in [4.69, 9.17) is 0 Å². The van der Waals surface area contributed by atoms with Crippen molar-refractivity contribution in [2.24, 2.45) is 0 Å². The molecule has 0 radical (unpaired) electrons. The highest BCUT2D eigenvalue weighted by Gasteiger charge is 2.20. The third kappa shape index (κ3) is 2.53. The lowest BCUT2D eigenvalue weighted by atomic mass is 9.92. The van der Waals surface area contributed by atoms with Gasteiger partial charge in [0.15, 0.2) is 5.75 Å². The van der Waals surface area contributed by atoms with Crippen molar-refractivity contribution in [2.75, 3.05) is 0 Å². The Bertz CT molecular complexity index is 1170. The highest BCUT2D eigenvalue weighted by molar-refractivity contribution is 9.11. The molecular formula is C20H16BrNO3S. The molecule has 26 heavy (non-hydrogen) atoms. The third-order valence-electron chi connectivity index (χ3n) is 4.78. The maximum absolute atomic E-state index is 11.5. The molecule has 1 aromatic heterocycles. The first-order valence-corrected chi connectivity index (χ1v) is 9.67. The van der Waals surface area contributed by atoms with Crippen molar-refractivity contribution in [2.45, 2.75) is 13.8 Å². The molecule has 0 saturated heterocycles. The predicted molar refractivity (Wildman–Crippen MR) is 109 cm³/mol. The van der Waals surface area contributed by atoms with E-state index in [9.17, 15) is 15.5 Å². The number of rotatable bonds is 2. The molecule has 0 saturated carbocycles. The normalized spacial score (nSPS) is 12.8. The fourth-order valence-electron chi connectivity index (χ4n) is 3.39. The van der Waals surface area contributed by atoms with Gasteiger partial charge in [-0.25, -0.2) is 5.21 Å². The zero-order chi connectivity index (χ0) is 18.6. The monoisotopic (exact) mass is 429 g/mol. The van der Waals surface area contributed by atoms with E-state index in [0.29, 0.717) is 0 Å². The van der Waals surface area contributed by atoms with Gasteiger partial charge in [-0.15, -0.1) is 11.3 Å². The van der Waals surface area contributed by atoms with Crippen molar-refractivity contribution in [3.63, 3.8) is 0 Å². The summed E-state index contributed by atoms with van der Waals surface area (Å²) >= 11 is 5.49. The first kappa shape index (κ1) is 17.5. The minimum atomic E-state index is -1.14. The largest absolute Gasteiger partial charge is 0.595 e. The van der Waals surface area contributed by atoms with Crippen LogP contribution in [0.4, 0.5) is 5.69 Å². The average molecular weight is 430 g/mol. The molecule has 3 N–H and O–H groups in total. The van der Waals surface area contributed by atoms with Crippen molar-refractivity contribution in [3.8, 4) is 16.9 Å². The van der Waals surface area contributed by atoms with Gasteiger partial charge in [0.25, 0.3) is 0 Å². The number of aromatic hydroxyl groups is 1. The van der Waals surface area contributed by atoms with E-state index in [-0.39, 0.29) is 11.4 Å². The van der Waals surface area contributed by atoms with Crippen LogP contribution in [0.2, 0.25) is 0 Å². The molecule has 6 heteroatoms. The standard InChI is InChI=1S/C20H16BrNO3S/c1-10-11(2)26-20-17(10)18(13-5-3-4-6-14(13)19(20)21)12-7-8-16(23)15(9-12)22(24)25/h3-9,22-24H,1-2H3. The lowest BCUT2D eigenvalue weighted by molar-refractivity contribution is -0.991. The number of phenolic OH excluding ortho intramolecular Hbond substituents is 1. The van der Waals surface area contributed by atoms with Gasteiger partial charge < -0.3 is 10.3 Å². The first-order chi connectivity index (χ1) is 12.4. The van der Waals surface area contributed by atoms with Crippen LogP contribution in [-0.4, -0.2) is 10.3 Å². The molecule has 1 atom stereocenters. The van der Waals surface area contributed by atoms with Gasteiger partial charge >= 0.3 is 0 Å². The smallest absolute Gasteiger partial charge is 0.206 e. The number of hydrogen-bond acceptors (Lipinski definition) is 4. The molecule has 0 aliphatic carbocycles. The summed E-state index contributed by atoms with van der Waals surface area (Å²) in [4.78, 5) is 1.23. The molecule has 1 heterocycles. The summed E-state index contributed by atoms with van der Waals surface area (Å²) in [5, 5.41) is 32.9. The van der Waals surface area contributed by atoms with E-state index in [1.54, 1.807) is 23.5 Å². The number of aryl methyl sites for hydroxylation is 2. The quantitative estimate of drug-likeness (QED) is 0.302. The molecule has 4 aromatic rings. The number of phenols is 1. The fraction of sp³-hybridized carbons (Fsp3) is 0.100. The molecule has 1 unspecified atom stereocenters. The van der Waals surface area contributed by atoms with E-state index >= 15 is 0 Å². The van der Waals surface area contributed by atoms with Crippen molar-refractivity contribution in [3.05, 3.63) is 62.6 Å². The van der Waals surface area contributed by atoms with E-state index < -0.39 is 5.23 Å². The topological polar surface area (TPSA) is 68.0 Å². The number of fused-ring (bicyclic) bond motifs is 2. The number of halogens is 1. The van der Waals surface area contributed by atoms with E-state index in [1.807, 2.05) is 12.1 Å². The van der Waals surface area contributed by atoms with Crippen LogP contribution >= 0.6 is 27.3 Å². The van der Waals surface area contributed by atoms with Crippen LogP contribution in [0.15, 0.2) is 46.9 Å². The van der Waals surface area contributed by atoms with Crippen molar-refractivity contribution < 1.29 is 15.5 Å². The lowest BCUT2D eigenvalue weighted by Gasteiger charge is -2.16. The molecular weight excluding hydrogens is 414 g/mol. The Morgan fingerprint density at radius 3 is 2.46 bits per heavy atom. The number of thiophene rings is 1. The maximum atomic E-state index is 11.5. The van der Waals surface area contributed by atoms with Crippen LogP contribution < -0.4 is 5.23 Å². The summed E-state index contributed by atoms with van der Waals surface area (Å²) in [6.07, 6.45) is 0. The summed E-state index contributed by atoms with van der Waals surface area (Å²) in [6, 6.07) is 12.9. The van der Waals surface area contributed by atoms with Crippen LogP contribution in [0.3, 0.4) is 0 Å². The summed E-state index contributed by atoms with van der Waals surface area (Å²) in [5.41, 5.74) is 2.89. The Balaban J connectivity index is 2.21. The molecule has 0 fully saturated rings. The first-order valence-electron chi connectivity index (χ1n) is 8.06. The molecule has 3 aromatic carbocycles. The zero-order valence-electron chi connectivity index (χ0n) is 14.1. The number of hydrogen-bond donors (Lipinski definition) is 3. The third-order valence-corrected chi connectivity index (χ3v) is 7.09. The molecule has 0 aliphatic rings. The zero-order valence-corrected chi connectivity index (χ0v) is 16.5. The van der Waals surface area contributed by atoms with Crippen LogP contribution in [0.25, 0.3) is 32.0 Å². The highest BCUT2D eigenvalue weighted by Crippen LogP contribution is 2.47. The number of quaternary nitrogens is 1. The van der Waals surface area contributed by atoms with Gasteiger partial charge in [0.2, 0.25) is 5.69 Å². The van der Waals surface area contributed by atoms with Crippen molar-refractivity contribution in [1.82, 2.24) is 0 Å². The van der Waals surface area contributed by atoms with E-state index in [0.717, 1.165) is 36.5 Å². The molecule has 4 rings (SSSR count). The van der Waals surface area contributed by atoms with Crippen LogP contribution in [0, 0.1) is 19.1 Å². The summed E-state index contributed by atoms with van der Waals surface area (Å²) < 4.78 is 2.21. The molecule has 4 nitrogen and oxygen atoms in total. The molecule has 0 spiro atoms. The van der Waals surface area contributed by atoms with Gasteiger partial charge in [-0.05, 0) is 63.3 Å². The van der Waals surface area contributed by atoms with E-state index in [2.05, 4.69) is 41.9 Å². The number of nitrogens with one attached hydrogen (secondary N) is 1. The Kier molecular flexibility index (Phi) is 4.25. The molecule has 132 valence electrons. The second-order valence-electron chi connectivity index (χ2n) is 6.26. The molecule has 0 aliphatic heterocycles. The van der Waals surface area contributed by atoms with Gasteiger partial charge in [-0.1, -0.05) is 30.3 Å². The van der Waals surface area contributed by atoms with Gasteiger partial charge in [0.05, 0.1) is 4.70 Å². The van der Waals surface area contributed by atoms with Gasteiger partial charge in [0, 0.05) is 20.8 Å². The van der Waals surface area contributed by atoms with Crippen LogP contribution in [-0.2, 0) is 0 Å². The Labute approximate surface area is 162 Å². The van der Waals surface area contributed by atoms with Crippen LogP contribution in [0.5, 0.6) is 5.75 Å². The fourth-order valence-corrected chi connectivity index (χ4v) is 5.30.